The van der Waals surface area contributed by atoms with Gasteiger partial charge < -0.3 is 10.1 Å². The van der Waals surface area contributed by atoms with Crippen molar-refractivity contribution in [2.24, 2.45) is 5.92 Å². The number of anilines is 1. The van der Waals surface area contributed by atoms with Crippen LogP contribution in [0.3, 0.4) is 0 Å². The molecular weight excluding hydrogens is 318 g/mol. The van der Waals surface area contributed by atoms with Crippen molar-refractivity contribution in [1.82, 2.24) is 0 Å². The van der Waals surface area contributed by atoms with Gasteiger partial charge in [-0.15, -0.1) is 0 Å². The van der Waals surface area contributed by atoms with E-state index in [-0.39, 0.29) is 11.8 Å². The molecule has 1 saturated heterocycles. The lowest BCUT2D eigenvalue weighted by atomic mass is 9.99. The predicted molar refractivity (Wildman–Crippen MR) is 83.8 cm³/mol. The highest BCUT2D eigenvalue weighted by Gasteiger charge is 2.21. The number of carbonyl (C=O) groups excluding carboxylic acids is 1. The highest BCUT2D eigenvalue weighted by Crippen LogP contribution is 2.24. The molecule has 1 aliphatic rings. The first-order valence-electron chi connectivity index (χ1n) is 6.80. The molecule has 2 aromatic rings. The summed E-state index contributed by atoms with van der Waals surface area (Å²) in [4.78, 5) is 12.2. The largest absolute Gasteiger partial charge is 0.381 e. The lowest BCUT2D eigenvalue weighted by Gasteiger charge is -2.21. The molecule has 1 fully saturated rings. The van der Waals surface area contributed by atoms with Gasteiger partial charge in [0.25, 0.3) is 0 Å². The van der Waals surface area contributed by atoms with E-state index in [2.05, 4.69) is 27.3 Å². The summed E-state index contributed by atoms with van der Waals surface area (Å²) in [5, 5.41) is 5.29. The number of hydrogen-bond acceptors (Lipinski definition) is 2. The maximum atomic E-state index is 12.2. The summed E-state index contributed by atoms with van der Waals surface area (Å²) in [5.41, 5.74) is 0.858. The van der Waals surface area contributed by atoms with Crippen molar-refractivity contribution in [2.45, 2.75) is 12.8 Å². The minimum absolute atomic E-state index is 0.0735. The Bertz CT molecular complexity index is 635. The van der Waals surface area contributed by atoms with E-state index in [4.69, 9.17) is 4.74 Å². The molecule has 0 spiro atoms. The molecule has 1 aliphatic heterocycles. The number of fused-ring (bicyclic) bond motifs is 1. The van der Waals surface area contributed by atoms with Gasteiger partial charge in [-0.25, -0.2) is 0 Å². The highest BCUT2D eigenvalue weighted by molar-refractivity contribution is 9.10. The number of hydrogen-bond donors (Lipinski definition) is 1. The number of benzene rings is 2. The Morgan fingerprint density at radius 3 is 2.60 bits per heavy atom. The maximum Gasteiger partial charge on any atom is 0.227 e. The molecular formula is C16H16BrNO2. The van der Waals surface area contributed by atoms with Gasteiger partial charge in [0.15, 0.2) is 0 Å². The van der Waals surface area contributed by atoms with Crippen LogP contribution in [0.1, 0.15) is 12.8 Å². The second kappa shape index (κ2) is 5.94. The molecule has 1 amide bonds. The Kier molecular flexibility index (Phi) is 4.03. The van der Waals surface area contributed by atoms with Crippen molar-refractivity contribution < 1.29 is 9.53 Å². The van der Waals surface area contributed by atoms with Crippen LogP contribution in [0.2, 0.25) is 0 Å². The molecule has 0 bridgehead atoms. The first kappa shape index (κ1) is 13.6. The van der Waals surface area contributed by atoms with E-state index in [1.807, 2.05) is 30.3 Å². The summed E-state index contributed by atoms with van der Waals surface area (Å²) in [6, 6.07) is 12.1. The monoisotopic (exact) mass is 333 g/mol. The zero-order valence-corrected chi connectivity index (χ0v) is 12.7. The van der Waals surface area contributed by atoms with Gasteiger partial charge in [-0.05, 0) is 47.9 Å². The van der Waals surface area contributed by atoms with Crippen LogP contribution in [0, 0.1) is 5.92 Å². The molecule has 0 atom stereocenters. The van der Waals surface area contributed by atoms with Gasteiger partial charge in [-0.3, -0.25) is 4.79 Å². The van der Waals surface area contributed by atoms with Crippen molar-refractivity contribution >= 4 is 38.3 Å². The van der Waals surface area contributed by atoms with Gasteiger partial charge in [0.2, 0.25) is 5.91 Å². The fraction of sp³-hybridized carbons (Fsp3) is 0.312. The van der Waals surface area contributed by atoms with Crippen LogP contribution in [-0.2, 0) is 9.53 Å². The van der Waals surface area contributed by atoms with Gasteiger partial charge >= 0.3 is 0 Å². The van der Waals surface area contributed by atoms with E-state index < -0.39 is 0 Å². The summed E-state index contributed by atoms with van der Waals surface area (Å²) in [6.45, 7) is 1.37. The molecule has 20 heavy (non-hydrogen) atoms. The van der Waals surface area contributed by atoms with Crippen LogP contribution in [-0.4, -0.2) is 19.1 Å². The summed E-state index contributed by atoms with van der Waals surface area (Å²) in [5.74, 6) is 0.175. The van der Waals surface area contributed by atoms with Crippen LogP contribution in [0.4, 0.5) is 5.69 Å². The molecule has 3 rings (SSSR count). The minimum atomic E-state index is 0.0735. The van der Waals surface area contributed by atoms with Crippen molar-refractivity contribution in [3.8, 4) is 0 Å². The fourth-order valence-electron chi connectivity index (χ4n) is 2.50. The number of nitrogens with one attached hydrogen (secondary N) is 1. The third-order valence-electron chi connectivity index (χ3n) is 3.66. The van der Waals surface area contributed by atoms with Gasteiger partial charge in [0, 0.05) is 29.3 Å². The quantitative estimate of drug-likeness (QED) is 0.903. The molecule has 0 aromatic heterocycles. The zero-order chi connectivity index (χ0) is 13.9. The minimum Gasteiger partial charge on any atom is -0.381 e. The smallest absolute Gasteiger partial charge is 0.227 e. The first-order valence-corrected chi connectivity index (χ1v) is 7.59. The number of carbonyl (C=O) groups is 1. The Labute approximate surface area is 126 Å². The van der Waals surface area contributed by atoms with E-state index in [1.54, 1.807) is 0 Å². The molecule has 0 radical (unpaired) electrons. The van der Waals surface area contributed by atoms with Crippen LogP contribution in [0.15, 0.2) is 40.9 Å². The van der Waals surface area contributed by atoms with E-state index in [0.717, 1.165) is 33.8 Å². The fourth-order valence-corrected chi connectivity index (χ4v) is 2.88. The number of halogens is 1. The van der Waals surface area contributed by atoms with Gasteiger partial charge in [0.1, 0.15) is 0 Å². The van der Waals surface area contributed by atoms with Crippen LogP contribution in [0.25, 0.3) is 10.8 Å². The lowest BCUT2D eigenvalue weighted by molar-refractivity contribution is -0.122. The molecule has 1 heterocycles. The number of rotatable bonds is 2. The van der Waals surface area contributed by atoms with Crippen LogP contribution in [0.5, 0.6) is 0 Å². The Morgan fingerprint density at radius 2 is 1.80 bits per heavy atom. The number of ether oxygens (including phenoxy) is 1. The standard InChI is InChI=1S/C16H16BrNO2/c17-14-3-1-13-10-15(4-2-12(13)9-14)18-16(19)11-5-7-20-8-6-11/h1-4,9-11H,5-8H2,(H,18,19). The third-order valence-corrected chi connectivity index (χ3v) is 4.16. The van der Waals surface area contributed by atoms with Crippen molar-refractivity contribution in [3.63, 3.8) is 0 Å². The van der Waals surface area contributed by atoms with Crippen molar-refractivity contribution in [1.29, 1.82) is 0 Å². The van der Waals surface area contributed by atoms with Gasteiger partial charge in [0.05, 0.1) is 0 Å². The number of amides is 1. The molecule has 4 heteroatoms. The lowest BCUT2D eigenvalue weighted by Crippen LogP contribution is -2.28. The maximum absolute atomic E-state index is 12.2. The Morgan fingerprint density at radius 1 is 1.10 bits per heavy atom. The van der Waals surface area contributed by atoms with E-state index in [1.165, 1.54) is 0 Å². The predicted octanol–water partition coefficient (Wildman–Crippen LogP) is 3.97. The summed E-state index contributed by atoms with van der Waals surface area (Å²) < 4.78 is 6.34. The second-order valence-corrected chi connectivity index (χ2v) is 6.00. The van der Waals surface area contributed by atoms with Crippen LogP contribution < -0.4 is 5.32 Å². The summed E-state index contributed by atoms with van der Waals surface area (Å²) in [7, 11) is 0. The first-order chi connectivity index (χ1) is 9.72. The zero-order valence-electron chi connectivity index (χ0n) is 11.1. The van der Waals surface area contributed by atoms with Gasteiger partial charge in [-0.1, -0.05) is 28.1 Å². The Hall–Kier alpha value is -1.39. The van der Waals surface area contributed by atoms with Gasteiger partial charge in [-0.2, -0.15) is 0 Å². The van der Waals surface area contributed by atoms with Crippen molar-refractivity contribution in [2.75, 3.05) is 18.5 Å². The molecule has 0 unspecified atom stereocenters. The second-order valence-electron chi connectivity index (χ2n) is 5.08. The third kappa shape index (κ3) is 3.02. The summed E-state index contributed by atoms with van der Waals surface area (Å²) in [6.07, 6.45) is 1.62. The van der Waals surface area contributed by atoms with E-state index in [0.29, 0.717) is 13.2 Å². The Balaban J connectivity index is 1.76. The molecule has 3 nitrogen and oxygen atoms in total. The van der Waals surface area contributed by atoms with Crippen molar-refractivity contribution in [3.05, 3.63) is 40.9 Å². The molecule has 0 saturated carbocycles. The normalized spacial score (nSPS) is 16.2. The SMILES string of the molecule is O=C(Nc1ccc2cc(Br)ccc2c1)C1CCOCC1. The molecule has 104 valence electrons. The summed E-state index contributed by atoms with van der Waals surface area (Å²) >= 11 is 3.46. The van der Waals surface area contributed by atoms with E-state index >= 15 is 0 Å². The molecule has 0 aliphatic carbocycles. The van der Waals surface area contributed by atoms with E-state index in [9.17, 15) is 4.79 Å². The van der Waals surface area contributed by atoms with Crippen LogP contribution >= 0.6 is 15.9 Å². The molecule has 1 N–H and O–H groups in total. The highest BCUT2D eigenvalue weighted by atomic mass is 79.9. The molecule has 2 aromatic carbocycles. The average Bonchev–Trinajstić information content (AvgIpc) is 2.48. The topological polar surface area (TPSA) is 38.3 Å². The average molecular weight is 334 g/mol.